The Morgan fingerprint density at radius 3 is 1.81 bits per heavy atom. The highest BCUT2D eigenvalue weighted by Gasteiger charge is 2.43. The fourth-order valence-corrected chi connectivity index (χ4v) is 4.04. The fraction of sp³-hybridized carbons (Fsp3) is 0.435. The second-order valence-corrected chi connectivity index (χ2v) is 7.42. The molecule has 0 fully saturated rings. The van der Waals surface area contributed by atoms with Crippen LogP contribution in [0.25, 0.3) is 0 Å². The number of carbonyl (C=O) groups is 1. The van der Waals surface area contributed by atoms with Gasteiger partial charge < -0.3 is 10.0 Å². The summed E-state index contributed by atoms with van der Waals surface area (Å²) in [6, 6.07) is 21.2. The van der Waals surface area contributed by atoms with E-state index in [4.69, 9.17) is 0 Å². The molecule has 2 atom stereocenters. The van der Waals surface area contributed by atoms with E-state index in [1.54, 1.807) is 0 Å². The molecule has 0 spiro atoms. The zero-order valence-electron chi connectivity index (χ0n) is 16.4. The van der Waals surface area contributed by atoms with Gasteiger partial charge in [-0.05, 0) is 44.5 Å². The van der Waals surface area contributed by atoms with Crippen molar-refractivity contribution in [1.29, 1.82) is 0 Å². The van der Waals surface area contributed by atoms with Crippen LogP contribution in [0.1, 0.15) is 44.2 Å². The van der Waals surface area contributed by atoms with Gasteiger partial charge >= 0.3 is 5.97 Å². The number of carboxylic acid groups (broad SMARTS) is 1. The smallest absolute Gasteiger partial charge is 0.303 e. The molecule has 0 radical (unpaired) electrons. The maximum absolute atomic E-state index is 11.7. The maximum atomic E-state index is 11.7. The first kappa shape index (κ1) is 20.2. The van der Waals surface area contributed by atoms with Gasteiger partial charge in [-0.3, -0.25) is 4.79 Å². The SMILES string of the molecule is CCC(CC(=O)O)C(CC(C)N(C)C)(c1ccccc1)c1ccccc1. The number of aliphatic carboxylic acids is 1. The van der Waals surface area contributed by atoms with Crippen molar-refractivity contribution < 1.29 is 9.90 Å². The summed E-state index contributed by atoms with van der Waals surface area (Å²) in [4.78, 5) is 13.9. The molecule has 0 aromatic heterocycles. The lowest BCUT2D eigenvalue weighted by atomic mass is 9.61. The van der Waals surface area contributed by atoms with Crippen molar-refractivity contribution in [3.05, 3.63) is 71.8 Å². The molecule has 0 bridgehead atoms. The molecule has 0 saturated heterocycles. The molecule has 3 nitrogen and oxygen atoms in total. The lowest BCUT2D eigenvalue weighted by Gasteiger charge is -2.44. The van der Waals surface area contributed by atoms with Crippen LogP contribution < -0.4 is 0 Å². The minimum atomic E-state index is -0.731. The Morgan fingerprint density at radius 1 is 1.00 bits per heavy atom. The van der Waals surface area contributed by atoms with Crippen LogP contribution in [0.5, 0.6) is 0 Å². The van der Waals surface area contributed by atoms with Crippen molar-refractivity contribution in [1.82, 2.24) is 4.90 Å². The monoisotopic (exact) mass is 353 g/mol. The quantitative estimate of drug-likeness (QED) is 0.703. The Hall–Kier alpha value is -2.13. The molecule has 2 rings (SSSR count). The van der Waals surface area contributed by atoms with Gasteiger partial charge in [0.25, 0.3) is 0 Å². The molecule has 2 aromatic carbocycles. The predicted octanol–water partition coefficient (Wildman–Crippen LogP) is 4.81. The highest BCUT2D eigenvalue weighted by atomic mass is 16.4. The molecule has 0 saturated carbocycles. The van der Waals surface area contributed by atoms with Gasteiger partial charge in [0.2, 0.25) is 0 Å². The molecule has 0 aliphatic carbocycles. The molecular formula is C23H31NO2. The zero-order chi connectivity index (χ0) is 19.2. The van der Waals surface area contributed by atoms with E-state index in [1.807, 2.05) is 12.1 Å². The summed E-state index contributed by atoms with van der Waals surface area (Å²) in [7, 11) is 4.17. The molecule has 0 heterocycles. The van der Waals surface area contributed by atoms with Crippen molar-refractivity contribution >= 4 is 5.97 Å². The molecule has 140 valence electrons. The first-order chi connectivity index (χ1) is 12.4. The van der Waals surface area contributed by atoms with E-state index in [1.165, 1.54) is 11.1 Å². The van der Waals surface area contributed by atoms with Crippen molar-refractivity contribution in [2.75, 3.05) is 14.1 Å². The van der Waals surface area contributed by atoms with E-state index >= 15 is 0 Å². The molecule has 2 unspecified atom stereocenters. The van der Waals surface area contributed by atoms with Gasteiger partial charge in [-0.2, -0.15) is 0 Å². The van der Waals surface area contributed by atoms with E-state index in [0.717, 1.165) is 12.8 Å². The first-order valence-corrected chi connectivity index (χ1v) is 9.41. The molecule has 3 heteroatoms. The predicted molar refractivity (Wildman–Crippen MR) is 107 cm³/mol. The van der Waals surface area contributed by atoms with E-state index in [2.05, 4.69) is 81.4 Å². The van der Waals surface area contributed by atoms with Crippen molar-refractivity contribution in [3.8, 4) is 0 Å². The Bertz CT molecular complexity index is 642. The van der Waals surface area contributed by atoms with Gasteiger partial charge in [0, 0.05) is 17.9 Å². The van der Waals surface area contributed by atoms with Gasteiger partial charge in [0.05, 0.1) is 0 Å². The highest BCUT2D eigenvalue weighted by Crippen LogP contribution is 2.46. The summed E-state index contributed by atoms with van der Waals surface area (Å²) in [6.45, 7) is 4.32. The van der Waals surface area contributed by atoms with Crippen LogP contribution in [0.3, 0.4) is 0 Å². The normalized spacial score (nSPS) is 14.2. The molecule has 1 N–H and O–H groups in total. The van der Waals surface area contributed by atoms with Crippen LogP contribution in [0.15, 0.2) is 60.7 Å². The minimum absolute atomic E-state index is 0.0206. The lowest BCUT2D eigenvalue weighted by molar-refractivity contribution is -0.138. The van der Waals surface area contributed by atoms with Gasteiger partial charge in [0.15, 0.2) is 0 Å². The Labute approximate surface area is 157 Å². The van der Waals surface area contributed by atoms with Crippen molar-refractivity contribution in [2.45, 2.75) is 44.6 Å². The van der Waals surface area contributed by atoms with E-state index in [-0.39, 0.29) is 17.8 Å². The highest BCUT2D eigenvalue weighted by molar-refractivity contribution is 5.67. The Balaban J connectivity index is 2.71. The minimum Gasteiger partial charge on any atom is -0.481 e. The van der Waals surface area contributed by atoms with Gasteiger partial charge in [-0.25, -0.2) is 0 Å². The third-order valence-corrected chi connectivity index (χ3v) is 5.69. The van der Waals surface area contributed by atoms with Gasteiger partial charge in [-0.1, -0.05) is 74.0 Å². The van der Waals surface area contributed by atoms with Crippen LogP contribution in [-0.4, -0.2) is 36.1 Å². The molecular weight excluding hydrogens is 322 g/mol. The summed E-state index contributed by atoms with van der Waals surface area (Å²) in [6.07, 6.45) is 1.86. The third-order valence-electron chi connectivity index (χ3n) is 5.69. The second-order valence-electron chi connectivity index (χ2n) is 7.42. The standard InChI is InChI=1S/C23H31NO2/c1-5-19(16-22(25)26)23(17-18(2)24(3)4,20-12-8-6-9-13-20)21-14-10-7-11-15-21/h6-15,18-19H,5,16-17H2,1-4H3,(H,25,26). The molecule has 0 aliphatic heterocycles. The van der Waals surface area contributed by atoms with Gasteiger partial charge in [-0.15, -0.1) is 0 Å². The summed E-state index contributed by atoms with van der Waals surface area (Å²) in [5.74, 6) is -0.710. The Kier molecular flexibility index (Phi) is 6.98. The largest absolute Gasteiger partial charge is 0.481 e. The van der Waals surface area contributed by atoms with E-state index in [0.29, 0.717) is 6.04 Å². The van der Waals surface area contributed by atoms with E-state index in [9.17, 15) is 9.90 Å². The summed E-state index contributed by atoms with van der Waals surface area (Å²) < 4.78 is 0. The first-order valence-electron chi connectivity index (χ1n) is 9.41. The van der Waals surface area contributed by atoms with E-state index < -0.39 is 5.97 Å². The number of nitrogens with zero attached hydrogens (tertiary/aromatic N) is 1. The van der Waals surface area contributed by atoms with Gasteiger partial charge in [0.1, 0.15) is 0 Å². The average molecular weight is 354 g/mol. The molecule has 0 aliphatic rings. The van der Waals surface area contributed by atoms with Crippen LogP contribution in [0.4, 0.5) is 0 Å². The average Bonchev–Trinajstić information content (AvgIpc) is 2.65. The van der Waals surface area contributed by atoms with Crippen molar-refractivity contribution in [2.24, 2.45) is 5.92 Å². The maximum Gasteiger partial charge on any atom is 0.303 e. The number of hydrogen-bond acceptors (Lipinski definition) is 2. The zero-order valence-corrected chi connectivity index (χ0v) is 16.4. The molecule has 2 aromatic rings. The Morgan fingerprint density at radius 2 is 1.46 bits per heavy atom. The van der Waals surface area contributed by atoms with Crippen molar-refractivity contribution in [3.63, 3.8) is 0 Å². The fourth-order valence-electron chi connectivity index (χ4n) is 4.04. The number of rotatable bonds is 9. The summed E-state index contributed by atoms with van der Waals surface area (Å²) in [5.41, 5.74) is 2.07. The summed E-state index contributed by atoms with van der Waals surface area (Å²) >= 11 is 0. The third kappa shape index (κ3) is 4.34. The second kappa shape index (κ2) is 9.00. The number of hydrogen-bond donors (Lipinski definition) is 1. The summed E-state index contributed by atoms with van der Waals surface area (Å²) in [5, 5.41) is 9.61. The van der Waals surface area contributed by atoms with Crippen LogP contribution in [-0.2, 0) is 10.2 Å². The number of carboxylic acids is 1. The van der Waals surface area contributed by atoms with Crippen LogP contribution in [0, 0.1) is 5.92 Å². The van der Waals surface area contributed by atoms with Crippen LogP contribution >= 0.6 is 0 Å². The van der Waals surface area contributed by atoms with Crippen LogP contribution in [0.2, 0.25) is 0 Å². The number of benzene rings is 2. The lowest BCUT2D eigenvalue weighted by Crippen LogP contribution is -2.43. The molecule has 26 heavy (non-hydrogen) atoms. The molecule has 0 amide bonds. The topological polar surface area (TPSA) is 40.5 Å².